The number of allylic oxidation sites excluding steroid dienone is 4. The Bertz CT molecular complexity index is 786. The first kappa shape index (κ1) is 21.9. The van der Waals surface area contributed by atoms with Gasteiger partial charge < -0.3 is 0 Å². The van der Waals surface area contributed by atoms with E-state index in [9.17, 15) is 0 Å². The predicted octanol–water partition coefficient (Wildman–Crippen LogP) is 8.40. The first-order valence-corrected chi connectivity index (χ1v) is 12.0. The molecule has 2 aliphatic rings. The van der Waals surface area contributed by atoms with Crippen molar-refractivity contribution in [3.63, 3.8) is 0 Å². The monoisotopic (exact) mass is 405 g/mol. The summed E-state index contributed by atoms with van der Waals surface area (Å²) in [5.41, 5.74) is 4.57. The van der Waals surface area contributed by atoms with Crippen LogP contribution in [0.15, 0.2) is 76.0 Å². The van der Waals surface area contributed by atoms with E-state index >= 15 is 0 Å². The Morgan fingerprint density at radius 3 is 2.38 bits per heavy atom. The number of thioether (sulfide) groups is 1. The van der Waals surface area contributed by atoms with Crippen molar-refractivity contribution < 1.29 is 0 Å². The molecule has 0 amide bonds. The molecule has 1 aromatic carbocycles. The molecule has 29 heavy (non-hydrogen) atoms. The fourth-order valence-corrected chi connectivity index (χ4v) is 4.96. The second-order valence-electron chi connectivity index (χ2n) is 8.47. The van der Waals surface area contributed by atoms with Crippen LogP contribution in [0, 0.1) is 5.92 Å². The molecule has 2 aliphatic carbocycles. The quantitative estimate of drug-likeness (QED) is 0.240. The Hall–Kier alpha value is -1.80. The number of rotatable bonds is 8. The lowest BCUT2D eigenvalue weighted by atomic mass is 9.89. The van der Waals surface area contributed by atoms with Crippen molar-refractivity contribution in [3.8, 4) is 0 Å². The highest BCUT2D eigenvalue weighted by Crippen LogP contribution is 2.32. The van der Waals surface area contributed by atoms with Gasteiger partial charge in [0.15, 0.2) is 0 Å². The third-order valence-electron chi connectivity index (χ3n) is 5.74. The molecule has 3 rings (SSSR count). The van der Waals surface area contributed by atoms with Crippen molar-refractivity contribution >= 4 is 23.0 Å². The summed E-state index contributed by atoms with van der Waals surface area (Å²) in [6.07, 6.45) is 18.4. The summed E-state index contributed by atoms with van der Waals surface area (Å²) in [5, 5.41) is 0. The topological polar surface area (TPSA) is 12.4 Å². The number of benzene rings is 1. The van der Waals surface area contributed by atoms with Gasteiger partial charge in [0.25, 0.3) is 0 Å². The third kappa shape index (κ3) is 7.19. The molecule has 0 heterocycles. The first-order valence-electron chi connectivity index (χ1n) is 11.1. The minimum absolute atomic E-state index is 0.704. The van der Waals surface area contributed by atoms with Gasteiger partial charge >= 0.3 is 0 Å². The molecule has 0 aliphatic heterocycles. The van der Waals surface area contributed by atoms with Crippen molar-refractivity contribution in [1.29, 1.82) is 0 Å². The Balaban J connectivity index is 1.70. The molecule has 0 unspecified atom stereocenters. The zero-order chi connectivity index (χ0) is 20.5. The van der Waals surface area contributed by atoms with Gasteiger partial charge in [-0.25, -0.2) is 0 Å². The fraction of sp³-hybridized carbons (Fsp3) is 0.444. The molecule has 154 valence electrons. The Kier molecular flexibility index (Phi) is 8.61. The maximum absolute atomic E-state index is 4.93. The Labute approximate surface area is 181 Å². The molecule has 0 bridgehead atoms. The molecular formula is C27H35NS. The van der Waals surface area contributed by atoms with Gasteiger partial charge in [0.2, 0.25) is 0 Å². The molecule has 0 saturated heterocycles. The highest BCUT2D eigenvalue weighted by atomic mass is 32.2. The Morgan fingerprint density at radius 1 is 1.03 bits per heavy atom. The average Bonchev–Trinajstić information content (AvgIpc) is 3.00. The van der Waals surface area contributed by atoms with Crippen LogP contribution in [0.25, 0.3) is 5.57 Å². The summed E-state index contributed by atoms with van der Waals surface area (Å²) in [6, 6.07) is 8.86. The summed E-state index contributed by atoms with van der Waals surface area (Å²) in [5.74, 6) is 0.748. The van der Waals surface area contributed by atoms with Crippen LogP contribution in [-0.2, 0) is 0 Å². The van der Waals surface area contributed by atoms with Gasteiger partial charge in [0.05, 0.1) is 6.54 Å². The van der Waals surface area contributed by atoms with Gasteiger partial charge in [-0.15, -0.1) is 0 Å². The molecular weight excluding hydrogens is 370 g/mol. The number of hydrogen-bond donors (Lipinski definition) is 0. The van der Waals surface area contributed by atoms with Gasteiger partial charge in [-0.2, -0.15) is 0 Å². The fourth-order valence-electron chi connectivity index (χ4n) is 4.05. The van der Waals surface area contributed by atoms with Crippen LogP contribution < -0.4 is 0 Å². The lowest BCUT2D eigenvalue weighted by Gasteiger charge is -2.18. The largest absolute Gasteiger partial charge is 0.285 e. The number of hydrogen-bond acceptors (Lipinski definition) is 2. The summed E-state index contributed by atoms with van der Waals surface area (Å²) >= 11 is 1.84. The second-order valence-corrected chi connectivity index (χ2v) is 9.62. The smallest absolute Gasteiger partial charge is 0.0597 e. The molecule has 1 nitrogen and oxygen atoms in total. The van der Waals surface area contributed by atoms with E-state index in [1.807, 2.05) is 11.8 Å². The lowest BCUT2D eigenvalue weighted by molar-refractivity contribution is 0.477. The van der Waals surface area contributed by atoms with Crippen molar-refractivity contribution in [2.45, 2.75) is 69.6 Å². The maximum atomic E-state index is 4.93. The van der Waals surface area contributed by atoms with Crippen LogP contribution in [0.3, 0.4) is 0 Å². The predicted molar refractivity (Wildman–Crippen MR) is 131 cm³/mol. The van der Waals surface area contributed by atoms with Gasteiger partial charge in [0, 0.05) is 15.5 Å². The van der Waals surface area contributed by atoms with Gasteiger partial charge in [-0.1, -0.05) is 99.4 Å². The first-order chi connectivity index (χ1) is 14.1. The van der Waals surface area contributed by atoms with Crippen LogP contribution in [0.4, 0.5) is 0 Å². The minimum Gasteiger partial charge on any atom is -0.285 e. The van der Waals surface area contributed by atoms with E-state index in [1.165, 1.54) is 59.6 Å². The van der Waals surface area contributed by atoms with Crippen LogP contribution in [-0.4, -0.2) is 12.3 Å². The van der Waals surface area contributed by atoms with Crippen LogP contribution >= 0.6 is 11.8 Å². The van der Waals surface area contributed by atoms with Crippen LogP contribution in [0.1, 0.15) is 70.3 Å². The Morgan fingerprint density at radius 2 is 1.76 bits per heavy atom. The highest BCUT2D eigenvalue weighted by Gasteiger charge is 2.17. The molecule has 1 saturated carbocycles. The van der Waals surface area contributed by atoms with Gasteiger partial charge in [-0.3, -0.25) is 4.99 Å². The van der Waals surface area contributed by atoms with E-state index in [-0.39, 0.29) is 0 Å². The molecule has 1 fully saturated rings. The molecule has 0 aromatic heterocycles. The van der Waals surface area contributed by atoms with Crippen molar-refractivity contribution in [1.82, 2.24) is 0 Å². The second kappa shape index (κ2) is 11.4. The SMILES string of the molecule is C=C(C)C/N=C(\CC1CCCCCC1)C(=C)c1ccc(SC2=CCCC=C2)cc1. The summed E-state index contributed by atoms with van der Waals surface area (Å²) < 4.78 is 0. The minimum atomic E-state index is 0.704. The molecule has 0 radical (unpaired) electrons. The van der Waals surface area contributed by atoms with Crippen LogP contribution in [0.5, 0.6) is 0 Å². The molecule has 1 aromatic rings. The van der Waals surface area contributed by atoms with E-state index < -0.39 is 0 Å². The maximum Gasteiger partial charge on any atom is 0.0597 e. The zero-order valence-corrected chi connectivity index (χ0v) is 18.8. The van der Waals surface area contributed by atoms with E-state index in [0.717, 1.165) is 36.3 Å². The molecule has 0 atom stereocenters. The highest BCUT2D eigenvalue weighted by molar-refractivity contribution is 8.03. The van der Waals surface area contributed by atoms with E-state index in [2.05, 4.69) is 62.6 Å². The zero-order valence-electron chi connectivity index (χ0n) is 18.0. The molecule has 2 heteroatoms. The number of aliphatic imine (C=N–C) groups is 1. The van der Waals surface area contributed by atoms with Crippen LogP contribution in [0.2, 0.25) is 0 Å². The molecule has 0 N–H and O–H groups in total. The summed E-state index contributed by atoms with van der Waals surface area (Å²) in [6.45, 7) is 11.2. The standard InChI is InChI=1S/C27H35NS/c1-21(2)20-28-27(19-23-11-7-4-5-8-12-23)22(3)24-15-17-26(18-16-24)29-25-13-9-6-10-14-25/h9,13-18,23H,1,3-8,10-12,19-20H2,2H3/b28-27+. The van der Waals surface area contributed by atoms with E-state index in [1.54, 1.807) is 0 Å². The van der Waals surface area contributed by atoms with Crippen molar-refractivity contribution in [2.24, 2.45) is 10.9 Å². The van der Waals surface area contributed by atoms with Gasteiger partial charge in [0.1, 0.15) is 0 Å². The third-order valence-corrected chi connectivity index (χ3v) is 6.79. The van der Waals surface area contributed by atoms with E-state index in [4.69, 9.17) is 4.99 Å². The average molecular weight is 406 g/mol. The normalized spacial score (nSPS) is 18.2. The number of nitrogens with zero attached hydrogens (tertiary/aromatic N) is 1. The van der Waals surface area contributed by atoms with Crippen molar-refractivity contribution in [3.05, 3.63) is 71.7 Å². The van der Waals surface area contributed by atoms with E-state index in [0.29, 0.717) is 6.54 Å². The lowest BCUT2D eigenvalue weighted by Crippen LogP contribution is -2.11. The van der Waals surface area contributed by atoms with Gasteiger partial charge in [-0.05, 0) is 55.4 Å². The summed E-state index contributed by atoms with van der Waals surface area (Å²) in [4.78, 5) is 7.56. The summed E-state index contributed by atoms with van der Waals surface area (Å²) in [7, 11) is 0. The van der Waals surface area contributed by atoms with Crippen molar-refractivity contribution in [2.75, 3.05) is 6.54 Å². The molecule has 0 spiro atoms.